The van der Waals surface area contributed by atoms with E-state index in [1.165, 1.54) is 0 Å². The van der Waals surface area contributed by atoms with E-state index in [2.05, 4.69) is 16.0 Å². The standard InChI is InChI=1S/C22H22ClN3O4/c1-5-12(14-9-6-10(2)30-14)24-17-18(20(28)19(17)27)25-13-8-7-11(23)16-15(13)21(29)26-22(16,3)4/h6-9,12,24-25H,5H2,1-4H3,(H,26,29)/t12-/m1/s1. The van der Waals surface area contributed by atoms with Crippen molar-refractivity contribution in [1.82, 2.24) is 5.32 Å². The number of fused-ring (bicyclic) bond motifs is 1. The first-order valence-corrected chi connectivity index (χ1v) is 10.1. The van der Waals surface area contributed by atoms with E-state index >= 15 is 0 Å². The number of benzene rings is 1. The first-order valence-electron chi connectivity index (χ1n) is 9.72. The van der Waals surface area contributed by atoms with Gasteiger partial charge in [0.15, 0.2) is 0 Å². The molecule has 0 fully saturated rings. The summed E-state index contributed by atoms with van der Waals surface area (Å²) in [5.41, 5.74) is -0.106. The van der Waals surface area contributed by atoms with Gasteiger partial charge in [-0.1, -0.05) is 18.5 Å². The Bertz CT molecular complexity index is 1230. The van der Waals surface area contributed by atoms with Crippen molar-refractivity contribution < 1.29 is 9.21 Å². The van der Waals surface area contributed by atoms with Gasteiger partial charge in [0.1, 0.15) is 22.9 Å². The number of hydrogen-bond donors (Lipinski definition) is 3. The second-order valence-corrected chi connectivity index (χ2v) is 8.42. The van der Waals surface area contributed by atoms with Crippen LogP contribution in [-0.4, -0.2) is 5.91 Å². The van der Waals surface area contributed by atoms with E-state index in [9.17, 15) is 14.4 Å². The lowest BCUT2D eigenvalue weighted by Crippen LogP contribution is -2.37. The van der Waals surface area contributed by atoms with Crippen molar-refractivity contribution >= 4 is 34.6 Å². The molecule has 1 aromatic heterocycles. The molecule has 0 saturated carbocycles. The summed E-state index contributed by atoms with van der Waals surface area (Å²) in [6, 6.07) is 6.73. The molecule has 2 heterocycles. The maximum absolute atomic E-state index is 12.6. The predicted molar refractivity (Wildman–Crippen MR) is 117 cm³/mol. The monoisotopic (exact) mass is 427 g/mol. The fourth-order valence-electron chi connectivity index (χ4n) is 3.91. The highest BCUT2D eigenvalue weighted by Gasteiger charge is 2.39. The molecule has 0 bridgehead atoms. The van der Waals surface area contributed by atoms with Gasteiger partial charge in [-0.05, 0) is 51.5 Å². The number of nitrogens with one attached hydrogen (secondary N) is 3. The fourth-order valence-corrected chi connectivity index (χ4v) is 4.30. The molecule has 156 valence electrons. The minimum absolute atomic E-state index is 0.128. The Hall–Kier alpha value is -3.06. The van der Waals surface area contributed by atoms with E-state index in [1.807, 2.05) is 39.8 Å². The second kappa shape index (κ2) is 7.02. The lowest BCUT2D eigenvalue weighted by Gasteiger charge is -2.22. The Kier molecular flexibility index (Phi) is 4.73. The highest BCUT2D eigenvalue weighted by Crippen LogP contribution is 2.41. The Morgan fingerprint density at radius 2 is 1.80 bits per heavy atom. The second-order valence-electron chi connectivity index (χ2n) is 8.01. The molecule has 0 unspecified atom stereocenters. The number of hydrogen-bond acceptors (Lipinski definition) is 6. The smallest absolute Gasteiger partial charge is 0.254 e. The minimum atomic E-state index is -0.638. The van der Waals surface area contributed by atoms with Gasteiger partial charge in [-0.2, -0.15) is 0 Å². The Balaban J connectivity index is 1.70. The van der Waals surface area contributed by atoms with Crippen LogP contribution < -0.4 is 26.8 Å². The molecule has 0 radical (unpaired) electrons. The molecule has 0 saturated heterocycles. The zero-order valence-electron chi connectivity index (χ0n) is 17.1. The minimum Gasteiger partial charge on any atom is -0.464 e. The third-order valence-corrected chi connectivity index (χ3v) is 5.75. The number of carbonyl (C=O) groups is 1. The molecule has 0 aliphatic carbocycles. The van der Waals surface area contributed by atoms with Gasteiger partial charge in [-0.3, -0.25) is 14.4 Å². The van der Waals surface area contributed by atoms with Crippen LogP contribution in [0, 0.1) is 6.92 Å². The van der Waals surface area contributed by atoms with Crippen molar-refractivity contribution in [3.8, 4) is 0 Å². The number of halogens is 1. The van der Waals surface area contributed by atoms with Crippen molar-refractivity contribution in [2.24, 2.45) is 0 Å². The van der Waals surface area contributed by atoms with Crippen molar-refractivity contribution in [3.05, 3.63) is 72.4 Å². The summed E-state index contributed by atoms with van der Waals surface area (Å²) < 4.78 is 5.66. The highest BCUT2D eigenvalue weighted by atomic mass is 35.5. The van der Waals surface area contributed by atoms with Crippen LogP contribution in [-0.2, 0) is 5.54 Å². The molecule has 4 rings (SSSR count). The Morgan fingerprint density at radius 3 is 2.43 bits per heavy atom. The number of aryl methyl sites for hydroxylation is 1. The summed E-state index contributed by atoms with van der Waals surface area (Å²) in [4.78, 5) is 37.1. The summed E-state index contributed by atoms with van der Waals surface area (Å²) in [5.74, 6) is 1.16. The van der Waals surface area contributed by atoms with E-state index in [1.54, 1.807) is 12.1 Å². The third-order valence-electron chi connectivity index (χ3n) is 5.43. The van der Waals surface area contributed by atoms with Gasteiger partial charge in [0.25, 0.3) is 16.8 Å². The average molecular weight is 428 g/mol. The number of furan rings is 1. The Morgan fingerprint density at radius 1 is 1.10 bits per heavy atom. The van der Waals surface area contributed by atoms with E-state index in [-0.39, 0.29) is 23.3 Å². The highest BCUT2D eigenvalue weighted by molar-refractivity contribution is 6.32. The topological polar surface area (TPSA) is 100 Å². The number of rotatable bonds is 6. The molecule has 0 spiro atoms. The van der Waals surface area contributed by atoms with Crippen LogP contribution in [0.25, 0.3) is 0 Å². The van der Waals surface area contributed by atoms with Gasteiger partial charge >= 0.3 is 0 Å². The van der Waals surface area contributed by atoms with Crippen LogP contribution in [0.5, 0.6) is 0 Å². The molecule has 1 aliphatic heterocycles. The first-order chi connectivity index (χ1) is 14.1. The van der Waals surface area contributed by atoms with Gasteiger partial charge in [0, 0.05) is 10.6 Å². The fraction of sp³-hybridized carbons (Fsp3) is 0.318. The number of carbonyl (C=O) groups excluding carboxylic acids is 1. The van der Waals surface area contributed by atoms with Crippen LogP contribution in [0.2, 0.25) is 5.02 Å². The lowest BCUT2D eigenvalue weighted by molar-refractivity contribution is 0.0941. The van der Waals surface area contributed by atoms with Crippen molar-refractivity contribution in [1.29, 1.82) is 0 Å². The molecular formula is C22H22ClN3O4. The summed E-state index contributed by atoms with van der Waals surface area (Å²) in [7, 11) is 0. The molecule has 1 aliphatic rings. The van der Waals surface area contributed by atoms with Crippen LogP contribution in [0.4, 0.5) is 17.1 Å². The van der Waals surface area contributed by atoms with Gasteiger partial charge in [-0.25, -0.2) is 0 Å². The largest absolute Gasteiger partial charge is 0.464 e. The first kappa shape index (κ1) is 20.2. The quantitative estimate of drug-likeness (QED) is 0.511. The van der Waals surface area contributed by atoms with Gasteiger partial charge < -0.3 is 20.4 Å². The maximum atomic E-state index is 12.6. The third kappa shape index (κ3) is 3.10. The Labute approximate surface area is 178 Å². The van der Waals surface area contributed by atoms with Gasteiger partial charge in [0.05, 0.1) is 22.8 Å². The van der Waals surface area contributed by atoms with Crippen LogP contribution >= 0.6 is 11.6 Å². The van der Waals surface area contributed by atoms with Crippen molar-refractivity contribution in [2.75, 3.05) is 10.6 Å². The molecule has 1 amide bonds. The molecule has 2 aromatic carbocycles. The summed E-state index contributed by atoms with van der Waals surface area (Å²) >= 11 is 6.34. The van der Waals surface area contributed by atoms with Crippen LogP contribution in [0.3, 0.4) is 0 Å². The maximum Gasteiger partial charge on any atom is 0.254 e. The molecular weight excluding hydrogens is 406 g/mol. The molecule has 3 aromatic rings. The summed E-state index contributed by atoms with van der Waals surface area (Å²) in [5, 5.41) is 9.45. The van der Waals surface area contributed by atoms with E-state index in [0.717, 1.165) is 5.76 Å². The van der Waals surface area contributed by atoms with Crippen molar-refractivity contribution in [3.63, 3.8) is 0 Å². The van der Waals surface area contributed by atoms with E-state index in [4.69, 9.17) is 16.0 Å². The molecule has 30 heavy (non-hydrogen) atoms. The van der Waals surface area contributed by atoms with Gasteiger partial charge in [0.2, 0.25) is 0 Å². The average Bonchev–Trinajstić information content (AvgIpc) is 3.23. The number of amides is 1. The van der Waals surface area contributed by atoms with E-state index in [0.29, 0.717) is 34.0 Å². The number of anilines is 3. The lowest BCUT2D eigenvalue weighted by atomic mass is 9.93. The van der Waals surface area contributed by atoms with Crippen LogP contribution in [0.15, 0.2) is 38.3 Å². The van der Waals surface area contributed by atoms with Crippen LogP contribution in [0.1, 0.15) is 60.7 Å². The SMILES string of the molecule is CC[C@@H](Nc1c(Nc2ccc(Cl)c3c2C(=O)NC3(C)C)c(=O)c1=O)c1ccc(C)o1. The van der Waals surface area contributed by atoms with E-state index < -0.39 is 16.4 Å². The summed E-state index contributed by atoms with van der Waals surface area (Å²) in [6.45, 7) is 7.50. The zero-order chi connectivity index (χ0) is 21.8. The molecule has 1 atom stereocenters. The van der Waals surface area contributed by atoms with Gasteiger partial charge in [-0.15, -0.1) is 0 Å². The predicted octanol–water partition coefficient (Wildman–Crippen LogP) is 4.12. The van der Waals surface area contributed by atoms with Crippen molar-refractivity contribution in [2.45, 2.75) is 45.7 Å². The normalized spacial score (nSPS) is 15.7. The molecule has 3 N–H and O–H groups in total. The molecule has 8 heteroatoms. The zero-order valence-corrected chi connectivity index (χ0v) is 17.9. The summed E-state index contributed by atoms with van der Waals surface area (Å²) in [6.07, 6.45) is 0.651. The molecule has 7 nitrogen and oxygen atoms in total.